The number of likely N-dealkylation sites (N-methyl/N-ethyl adjacent to an activating group) is 1. The van der Waals surface area contributed by atoms with Crippen molar-refractivity contribution in [2.24, 2.45) is 5.92 Å². The van der Waals surface area contributed by atoms with Crippen molar-refractivity contribution in [1.82, 2.24) is 4.90 Å². The highest BCUT2D eigenvalue weighted by Crippen LogP contribution is 2.27. The van der Waals surface area contributed by atoms with Crippen molar-refractivity contribution in [3.05, 3.63) is 35.4 Å². The maximum absolute atomic E-state index is 6.64. The van der Waals surface area contributed by atoms with E-state index in [4.69, 9.17) is 11.6 Å². The third kappa shape index (κ3) is 5.30. The Hall–Kier alpha value is -0.530. The fourth-order valence-electron chi connectivity index (χ4n) is 3.36. The van der Waals surface area contributed by atoms with Crippen molar-refractivity contribution in [3.8, 4) is 0 Å². The molecular weight excluding hydrogens is 278 g/mol. The highest BCUT2D eigenvalue weighted by atomic mass is 35.5. The van der Waals surface area contributed by atoms with Gasteiger partial charge in [-0.3, -0.25) is 0 Å². The minimum absolute atomic E-state index is 0.102. The Morgan fingerprint density at radius 1 is 1.10 bits per heavy atom. The summed E-state index contributed by atoms with van der Waals surface area (Å²) < 4.78 is 0. The lowest BCUT2D eigenvalue weighted by Gasteiger charge is -2.32. The maximum Gasteiger partial charge on any atom is 0.0712 e. The van der Waals surface area contributed by atoms with Crippen LogP contribution < -0.4 is 0 Å². The fourth-order valence-corrected chi connectivity index (χ4v) is 3.73. The van der Waals surface area contributed by atoms with Crippen LogP contribution in [0.2, 0.25) is 0 Å². The van der Waals surface area contributed by atoms with E-state index in [0.717, 1.165) is 19.0 Å². The molecule has 2 heteroatoms. The van der Waals surface area contributed by atoms with Crippen LogP contribution in [-0.2, 0) is 6.42 Å². The van der Waals surface area contributed by atoms with E-state index in [2.05, 4.69) is 50.1 Å². The summed E-state index contributed by atoms with van der Waals surface area (Å²) in [6, 6.07) is 9.64. The van der Waals surface area contributed by atoms with Crippen LogP contribution in [0.15, 0.2) is 24.3 Å². The summed E-state index contributed by atoms with van der Waals surface area (Å²) in [5.41, 5.74) is 2.67. The molecule has 118 valence electrons. The number of halogens is 1. The molecule has 1 atom stereocenters. The summed E-state index contributed by atoms with van der Waals surface area (Å²) in [5, 5.41) is 0.102. The topological polar surface area (TPSA) is 3.24 Å². The van der Waals surface area contributed by atoms with E-state index in [1.807, 2.05) is 0 Å². The second kappa shape index (κ2) is 8.19. The van der Waals surface area contributed by atoms with E-state index in [1.165, 1.54) is 43.2 Å². The molecule has 0 amide bonds. The summed E-state index contributed by atoms with van der Waals surface area (Å²) >= 11 is 6.64. The molecule has 0 bridgehead atoms. The normalized spacial score (nSPS) is 18.4. The van der Waals surface area contributed by atoms with E-state index >= 15 is 0 Å². The lowest BCUT2D eigenvalue weighted by atomic mass is 9.94. The molecule has 0 aromatic heterocycles. The van der Waals surface area contributed by atoms with Gasteiger partial charge in [0.2, 0.25) is 0 Å². The zero-order chi connectivity index (χ0) is 15.2. The van der Waals surface area contributed by atoms with Crippen LogP contribution >= 0.6 is 11.6 Å². The molecule has 0 aliphatic heterocycles. The average molecular weight is 308 g/mol. The maximum atomic E-state index is 6.64. The molecule has 0 heterocycles. The standard InChI is InChI=1S/C19H30ClN/c1-15(2)13-16-9-11-17(12-10-16)19(20)14-21(3)18-7-5-4-6-8-18/h9-12,15,18-19H,4-8,13-14H2,1-3H3. The first-order chi connectivity index (χ1) is 10.1. The first-order valence-corrected chi connectivity index (χ1v) is 8.93. The number of rotatable bonds is 6. The molecule has 0 radical (unpaired) electrons. The highest BCUT2D eigenvalue weighted by Gasteiger charge is 2.20. The van der Waals surface area contributed by atoms with Gasteiger partial charge in [-0.2, -0.15) is 0 Å². The van der Waals surface area contributed by atoms with E-state index in [9.17, 15) is 0 Å². The van der Waals surface area contributed by atoms with Crippen molar-refractivity contribution < 1.29 is 0 Å². The Labute approximate surface area is 135 Å². The van der Waals surface area contributed by atoms with Gasteiger partial charge in [0.15, 0.2) is 0 Å². The van der Waals surface area contributed by atoms with Crippen molar-refractivity contribution in [3.63, 3.8) is 0 Å². The Morgan fingerprint density at radius 2 is 1.71 bits per heavy atom. The number of benzene rings is 1. The molecular formula is C19H30ClN. The molecule has 1 aromatic rings. The highest BCUT2D eigenvalue weighted by molar-refractivity contribution is 6.21. The van der Waals surface area contributed by atoms with Gasteiger partial charge in [0.25, 0.3) is 0 Å². The Morgan fingerprint density at radius 3 is 2.29 bits per heavy atom. The molecule has 1 nitrogen and oxygen atoms in total. The smallest absolute Gasteiger partial charge is 0.0712 e. The molecule has 1 aliphatic carbocycles. The molecule has 1 aliphatic rings. The quantitative estimate of drug-likeness (QED) is 0.633. The Bertz CT molecular complexity index is 406. The van der Waals surface area contributed by atoms with Crippen molar-refractivity contribution >= 4 is 11.6 Å². The molecule has 0 N–H and O–H groups in total. The minimum Gasteiger partial charge on any atom is -0.302 e. The van der Waals surface area contributed by atoms with Crippen LogP contribution in [0.1, 0.15) is 62.5 Å². The molecule has 0 spiro atoms. The molecule has 1 fully saturated rings. The van der Waals surface area contributed by atoms with E-state index in [-0.39, 0.29) is 5.38 Å². The van der Waals surface area contributed by atoms with Gasteiger partial charge in [-0.1, -0.05) is 57.4 Å². The Kier molecular flexibility index (Phi) is 6.57. The van der Waals surface area contributed by atoms with Crippen LogP contribution in [0, 0.1) is 5.92 Å². The molecule has 1 saturated carbocycles. The van der Waals surface area contributed by atoms with Crippen molar-refractivity contribution in [2.45, 2.75) is 63.8 Å². The summed E-state index contributed by atoms with van der Waals surface area (Å²) in [6.45, 7) is 5.48. The van der Waals surface area contributed by atoms with Gasteiger partial charge in [0.1, 0.15) is 0 Å². The average Bonchev–Trinajstić information content (AvgIpc) is 2.48. The van der Waals surface area contributed by atoms with Gasteiger partial charge in [-0.05, 0) is 43.4 Å². The van der Waals surface area contributed by atoms with Gasteiger partial charge < -0.3 is 4.90 Å². The zero-order valence-electron chi connectivity index (χ0n) is 13.8. The molecule has 1 aromatic carbocycles. The van der Waals surface area contributed by atoms with Crippen molar-refractivity contribution in [1.29, 1.82) is 0 Å². The molecule has 0 saturated heterocycles. The first kappa shape index (κ1) is 16.8. The largest absolute Gasteiger partial charge is 0.302 e. The third-order valence-corrected chi connectivity index (χ3v) is 5.02. The first-order valence-electron chi connectivity index (χ1n) is 8.49. The number of hydrogen-bond donors (Lipinski definition) is 0. The van der Waals surface area contributed by atoms with E-state index in [0.29, 0.717) is 5.92 Å². The molecule has 2 rings (SSSR count). The molecule has 1 unspecified atom stereocenters. The van der Waals surface area contributed by atoms with Crippen LogP contribution in [0.4, 0.5) is 0 Å². The SMILES string of the molecule is CC(C)Cc1ccc(C(Cl)CN(C)C2CCCCC2)cc1. The summed E-state index contributed by atoms with van der Waals surface area (Å²) in [4.78, 5) is 2.47. The number of hydrogen-bond acceptors (Lipinski definition) is 1. The predicted octanol–water partition coefficient (Wildman–Crippen LogP) is 5.43. The fraction of sp³-hybridized carbons (Fsp3) is 0.684. The van der Waals surface area contributed by atoms with E-state index in [1.54, 1.807) is 0 Å². The van der Waals surface area contributed by atoms with Gasteiger partial charge in [-0.15, -0.1) is 11.6 Å². The van der Waals surface area contributed by atoms with E-state index < -0.39 is 0 Å². The van der Waals surface area contributed by atoms with Gasteiger partial charge in [0, 0.05) is 12.6 Å². The van der Waals surface area contributed by atoms with Crippen LogP contribution in [0.5, 0.6) is 0 Å². The van der Waals surface area contributed by atoms with Gasteiger partial charge >= 0.3 is 0 Å². The monoisotopic (exact) mass is 307 g/mol. The number of alkyl halides is 1. The molecule has 21 heavy (non-hydrogen) atoms. The Balaban J connectivity index is 1.88. The van der Waals surface area contributed by atoms with Crippen LogP contribution in [0.3, 0.4) is 0 Å². The summed E-state index contributed by atoms with van der Waals surface area (Å²) in [6.07, 6.45) is 8.00. The lowest BCUT2D eigenvalue weighted by Crippen LogP contribution is -2.35. The minimum atomic E-state index is 0.102. The van der Waals surface area contributed by atoms with Gasteiger partial charge in [0.05, 0.1) is 5.38 Å². The van der Waals surface area contributed by atoms with Crippen LogP contribution in [-0.4, -0.2) is 24.5 Å². The predicted molar refractivity (Wildman–Crippen MR) is 93.1 cm³/mol. The van der Waals surface area contributed by atoms with Crippen LogP contribution in [0.25, 0.3) is 0 Å². The third-order valence-electron chi connectivity index (χ3n) is 4.63. The number of nitrogens with zero attached hydrogens (tertiary/aromatic N) is 1. The summed E-state index contributed by atoms with van der Waals surface area (Å²) in [7, 11) is 2.23. The second-order valence-electron chi connectivity index (χ2n) is 7.04. The lowest BCUT2D eigenvalue weighted by molar-refractivity contribution is 0.192. The van der Waals surface area contributed by atoms with Gasteiger partial charge in [-0.25, -0.2) is 0 Å². The summed E-state index contributed by atoms with van der Waals surface area (Å²) in [5.74, 6) is 0.708. The van der Waals surface area contributed by atoms with Crippen molar-refractivity contribution in [2.75, 3.05) is 13.6 Å². The zero-order valence-corrected chi connectivity index (χ0v) is 14.6. The second-order valence-corrected chi connectivity index (χ2v) is 7.57.